The number of amides is 1. The lowest BCUT2D eigenvalue weighted by atomic mass is 9.97. The van der Waals surface area contributed by atoms with Crippen LogP contribution < -0.4 is 5.32 Å². The van der Waals surface area contributed by atoms with E-state index in [1.807, 2.05) is 32.7 Å². The Hall–Kier alpha value is -2.15. The summed E-state index contributed by atoms with van der Waals surface area (Å²) in [4.78, 5) is 12.6. The highest BCUT2D eigenvalue weighted by Gasteiger charge is 2.33. The molecule has 0 unspecified atom stereocenters. The number of hydrogen-bond acceptors (Lipinski definition) is 4. The smallest absolute Gasteiger partial charge is 0.254 e. The molecule has 1 saturated carbocycles. The zero-order valence-corrected chi connectivity index (χ0v) is 14.1. The maximum Gasteiger partial charge on any atom is 0.254 e. The Morgan fingerprint density at radius 1 is 1.29 bits per heavy atom. The first-order valence-corrected chi connectivity index (χ1v) is 8.53. The molecule has 7 heteroatoms. The number of hydrogen-bond donors (Lipinski definition) is 1. The van der Waals surface area contributed by atoms with E-state index in [1.54, 1.807) is 9.36 Å². The van der Waals surface area contributed by atoms with Crippen LogP contribution in [0.15, 0.2) is 18.6 Å². The van der Waals surface area contributed by atoms with Crippen LogP contribution in [0.25, 0.3) is 0 Å². The predicted molar refractivity (Wildman–Crippen MR) is 87.5 cm³/mol. The maximum absolute atomic E-state index is 12.6. The predicted octanol–water partition coefficient (Wildman–Crippen LogP) is 1.54. The van der Waals surface area contributed by atoms with Gasteiger partial charge in [-0.1, -0.05) is 0 Å². The van der Waals surface area contributed by atoms with Crippen LogP contribution in [0.3, 0.4) is 0 Å². The largest absolute Gasteiger partial charge is 0.373 e. The topological polar surface area (TPSA) is 74.0 Å². The average molecular weight is 329 g/mol. The summed E-state index contributed by atoms with van der Waals surface area (Å²) in [6.45, 7) is 1.33. The summed E-state index contributed by atoms with van der Waals surface area (Å²) >= 11 is 0. The summed E-state index contributed by atoms with van der Waals surface area (Å²) in [5, 5.41) is 11.8. The molecule has 1 N–H and O–H groups in total. The molecule has 2 aliphatic rings. The first-order valence-electron chi connectivity index (χ1n) is 8.53. The molecule has 2 aromatic rings. The van der Waals surface area contributed by atoms with Gasteiger partial charge in [-0.2, -0.15) is 10.2 Å². The van der Waals surface area contributed by atoms with Crippen molar-refractivity contribution in [2.45, 2.75) is 31.3 Å². The van der Waals surface area contributed by atoms with Crippen LogP contribution in [0.4, 0.5) is 0 Å². The van der Waals surface area contributed by atoms with Gasteiger partial charge in [0.15, 0.2) is 0 Å². The van der Waals surface area contributed by atoms with E-state index in [2.05, 4.69) is 15.5 Å². The molecular formula is C17H23N5O2. The summed E-state index contributed by atoms with van der Waals surface area (Å²) < 4.78 is 9.38. The average Bonchev–Trinajstić information content (AvgIpc) is 2.95. The highest BCUT2D eigenvalue weighted by Crippen LogP contribution is 2.40. The lowest BCUT2D eigenvalue weighted by Gasteiger charge is -2.17. The van der Waals surface area contributed by atoms with Gasteiger partial charge in [0.25, 0.3) is 5.91 Å². The van der Waals surface area contributed by atoms with Gasteiger partial charge in [0.1, 0.15) is 0 Å². The molecule has 2 atom stereocenters. The first kappa shape index (κ1) is 15.4. The molecule has 1 amide bonds. The molecule has 4 rings (SSSR count). The van der Waals surface area contributed by atoms with Crippen LogP contribution >= 0.6 is 0 Å². The van der Waals surface area contributed by atoms with Gasteiger partial charge in [-0.15, -0.1) is 0 Å². The minimum atomic E-state index is -0.0261. The second-order valence-electron chi connectivity index (χ2n) is 6.87. The molecule has 0 radical (unpaired) electrons. The van der Waals surface area contributed by atoms with E-state index in [4.69, 9.17) is 4.74 Å². The van der Waals surface area contributed by atoms with Crippen LogP contribution in [0, 0.1) is 5.92 Å². The standard InChI is InChI=1S/C17H23N5O2/c1-21-9-13(8-19-21)16-12(5-6-24-16)7-18-17(23)14-10-22(2)20-15(14)11-3-4-11/h8-12,16H,3-7H2,1-2H3,(H,18,23)/t12-,16+/m0/s1. The molecule has 128 valence electrons. The van der Waals surface area contributed by atoms with E-state index in [0.29, 0.717) is 12.5 Å². The van der Waals surface area contributed by atoms with E-state index in [1.165, 1.54) is 0 Å². The SMILES string of the molecule is Cn1cc([C@@H]2OCC[C@H]2CNC(=O)c2cn(C)nc2C2CC2)cn1. The molecule has 2 fully saturated rings. The van der Waals surface area contributed by atoms with Crippen LogP contribution in [-0.2, 0) is 18.8 Å². The van der Waals surface area contributed by atoms with Gasteiger partial charge in [-0.3, -0.25) is 14.2 Å². The summed E-state index contributed by atoms with van der Waals surface area (Å²) in [6.07, 6.45) is 8.88. The van der Waals surface area contributed by atoms with Gasteiger partial charge in [0.05, 0.1) is 23.6 Å². The Bertz CT molecular complexity index is 746. The van der Waals surface area contributed by atoms with E-state index < -0.39 is 0 Å². The molecular weight excluding hydrogens is 306 g/mol. The minimum Gasteiger partial charge on any atom is -0.373 e. The molecule has 2 aromatic heterocycles. The van der Waals surface area contributed by atoms with E-state index >= 15 is 0 Å². The first-order chi connectivity index (χ1) is 11.6. The number of carbonyl (C=O) groups excluding carboxylic acids is 1. The number of ether oxygens (including phenoxy) is 1. The summed E-state index contributed by atoms with van der Waals surface area (Å²) in [7, 11) is 3.77. The van der Waals surface area contributed by atoms with Crippen molar-refractivity contribution in [3.8, 4) is 0 Å². The Morgan fingerprint density at radius 3 is 2.83 bits per heavy atom. The third-order valence-electron chi connectivity index (χ3n) is 4.86. The number of nitrogens with zero attached hydrogens (tertiary/aromatic N) is 4. The molecule has 0 aromatic carbocycles. The van der Waals surface area contributed by atoms with Crippen molar-refractivity contribution in [1.82, 2.24) is 24.9 Å². The van der Waals surface area contributed by atoms with Crippen molar-refractivity contribution in [2.75, 3.05) is 13.2 Å². The molecule has 0 bridgehead atoms. The van der Waals surface area contributed by atoms with Crippen LogP contribution in [-0.4, -0.2) is 38.6 Å². The summed E-state index contributed by atoms with van der Waals surface area (Å²) in [6, 6.07) is 0. The zero-order valence-electron chi connectivity index (χ0n) is 14.1. The van der Waals surface area contributed by atoms with Gasteiger partial charge in [-0.25, -0.2) is 0 Å². The molecule has 0 spiro atoms. The zero-order chi connectivity index (χ0) is 16.7. The van der Waals surface area contributed by atoms with E-state index in [0.717, 1.165) is 42.7 Å². The second kappa shape index (κ2) is 6.05. The van der Waals surface area contributed by atoms with E-state index in [-0.39, 0.29) is 17.9 Å². The number of aromatic nitrogens is 4. The summed E-state index contributed by atoms with van der Waals surface area (Å²) in [5.41, 5.74) is 2.74. The summed E-state index contributed by atoms with van der Waals surface area (Å²) in [5.74, 6) is 0.714. The normalized spacial score (nSPS) is 23.6. The Kier molecular flexibility index (Phi) is 3.88. The fourth-order valence-electron chi connectivity index (χ4n) is 3.46. The van der Waals surface area contributed by atoms with Gasteiger partial charge in [0.2, 0.25) is 0 Å². The van der Waals surface area contributed by atoms with Gasteiger partial charge in [0, 0.05) is 57.0 Å². The van der Waals surface area contributed by atoms with Crippen molar-refractivity contribution in [2.24, 2.45) is 20.0 Å². The molecule has 24 heavy (non-hydrogen) atoms. The fourth-order valence-corrected chi connectivity index (χ4v) is 3.46. The van der Waals surface area contributed by atoms with Crippen molar-refractivity contribution in [3.05, 3.63) is 35.4 Å². The van der Waals surface area contributed by atoms with Gasteiger partial charge in [-0.05, 0) is 19.3 Å². The maximum atomic E-state index is 12.6. The van der Waals surface area contributed by atoms with Gasteiger partial charge >= 0.3 is 0 Å². The lowest BCUT2D eigenvalue weighted by Crippen LogP contribution is -2.30. The van der Waals surface area contributed by atoms with Gasteiger partial charge < -0.3 is 10.1 Å². The molecule has 1 aliphatic carbocycles. The third kappa shape index (κ3) is 2.96. The van der Waals surface area contributed by atoms with Crippen molar-refractivity contribution in [3.63, 3.8) is 0 Å². The minimum absolute atomic E-state index is 0.0100. The van der Waals surface area contributed by atoms with Crippen molar-refractivity contribution < 1.29 is 9.53 Å². The highest BCUT2D eigenvalue weighted by molar-refractivity contribution is 5.95. The molecule has 1 aliphatic heterocycles. The van der Waals surface area contributed by atoms with E-state index in [9.17, 15) is 4.79 Å². The molecule has 3 heterocycles. The lowest BCUT2D eigenvalue weighted by molar-refractivity contribution is 0.0845. The quantitative estimate of drug-likeness (QED) is 0.903. The van der Waals surface area contributed by atoms with Crippen molar-refractivity contribution >= 4 is 5.91 Å². The molecule has 7 nitrogen and oxygen atoms in total. The third-order valence-corrected chi connectivity index (χ3v) is 4.86. The monoisotopic (exact) mass is 329 g/mol. The molecule has 1 saturated heterocycles. The number of rotatable bonds is 5. The Balaban J connectivity index is 1.42. The number of nitrogens with one attached hydrogen (secondary N) is 1. The highest BCUT2D eigenvalue weighted by atomic mass is 16.5. The number of aryl methyl sites for hydroxylation is 2. The van der Waals surface area contributed by atoms with Crippen LogP contribution in [0.5, 0.6) is 0 Å². The number of carbonyl (C=O) groups is 1. The fraction of sp³-hybridized carbons (Fsp3) is 0.588. The van der Waals surface area contributed by atoms with Crippen LogP contribution in [0.2, 0.25) is 0 Å². The second-order valence-corrected chi connectivity index (χ2v) is 6.87. The van der Waals surface area contributed by atoms with Crippen molar-refractivity contribution in [1.29, 1.82) is 0 Å². The Labute approximate surface area is 141 Å². The Morgan fingerprint density at radius 2 is 2.12 bits per heavy atom. The van der Waals surface area contributed by atoms with Crippen LogP contribution in [0.1, 0.15) is 52.9 Å².